The number of fused-ring (bicyclic) bond motifs is 5. The number of benzene rings is 1. The molecule has 2 heteroatoms. The molecule has 1 N–H and O–H groups in total. The fourth-order valence-electron chi connectivity index (χ4n) is 9.72. The SMILES string of the molecule is Cc1ccc(C(=O)[C@H]2CC[C@H]3[C@@H]4CC[C@@]5(C)C[C@](C)(O)CC[C@@H]5[C@@]4(C)CC[C@]23C)cc1C. The van der Waals surface area contributed by atoms with Gasteiger partial charge in [0.05, 0.1) is 5.60 Å². The van der Waals surface area contributed by atoms with Crippen LogP contribution in [0.2, 0.25) is 0 Å². The summed E-state index contributed by atoms with van der Waals surface area (Å²) in [5.41, 5.74) is 3.72. The molecule has 1 aromatic carbocycles. The summed E-state index contributed by atoms with van der Waals surface area (Å²) in [6.45, 7) is 13.8. The zero-order valence-electron chi connectivity index (χ0n) is 21.3. The van der Waals surface area contributed by atoms with Gasteiger partial charge in [-0.3, -0.25) is 4.79 Å². The maximum atomic E-state index is 13.7. The monoisotopic (exact) mass is 436 g/mol. The predicted molar refractivity (Wildman–Crippen MR) is 131 cm³/mol. The molecule has 0 aliphatic heterocycles. The van der Waals surface area contributed by atoms with Crippen molar-refractivity contribution in [1.82, 2.24) is 0 Å². The molecule has 4 aliphatic carbocycles. The third-order valence-electron chi connectivity index (χ3n) is 11.5. The summed E-state index contributed by atoms with van der Waals surface area (Å²) in [5, 5.41) is 10.9. The van der Waals surface area contributed by atoms with Gasteiger partial charge in [-0.1, -0.05) is 32.9 Å². The van der Waals surface area contributed by atoms with Gasteiger partial charge in [0.2, 0.25) is 0 Å². The molecule has 0 aromatic heterocycles. The van der Waals surface area contributed by atoms with Gasteiger partial charge in [0.25, 0.3) is 0 Å². The minimum atomic E-state index is -0.491. The first-order valence-corrected chi connectivity index (χ1v) is 13.2. The van der Waals surface area contributed by atoms with Crippen molar-refractivity contribution in [2.24, 2.45) is 39.9 Å². The highest BCUT2D eigenvalue weighted by atomic mass is 16.3. The summed E-state index contributed by atoms with van der Waals surface area (Å²) in [7, 11) is 0. The normalized spacial score (nSPS) is 48.0. The van der Waals surface area contributed by atoms with Gasteiger partial charge < -0.3 is 5.11 Å². The average Bonchev–Trinajstić information content (AvgIpc) is 3.05. The second kappa shape index (κ2) is 7.17. The molecule has 0 amide bonds. The Kier molecular flexibility index (Phi) is 5.07. The van der Waals surface area contributed by atoms with Crippen LogP contribution in [-0.2, 0) is 0 Å². The summed E-state index contributed by atoms with van der Waals surface area (Å²) in [4.78, 5) is 13.7. The van der Waals surface area contributed by atoms with E-state index in [-0.39, 0.29) is 16.7 Å². The molecule has 0 heterocycles. The van der Waals surface area contributed by atoms with Crippen LogP contribution in [0.4, 0.5) is 0 Å². The van der Waals surface area contributed by atoms with Crippen molar-refractivity contribution in [3.63, 3.8) is 0 Å². The zero-order valence-corrected chi connectivity index (χ0v) is 21.3. The van der Waals surface area contributed by atoms with E-state index in [1.165, 1.54) is 49.7 Å². The quantitative estimate of drug-likeness (QED) is 0.494. The van der Waals surface area contributed by atoms with Gasteiger partial charge in [-0.15, -0.1) is 0 Å². The van der Waals surface area contributed by atoms with Gasteiger partial charge in [-0.25, -0.2) is 0 Å². The van der Waals surface area contributed by atoms with Crippen LogP contribution in [0.5, 0.6) is 0 Å². The van der Waals surface area contributed by atoms with Crippen LogP contribution in [0, 0.1) is 53.8 Å². The third-order valence-corrected chi connectivity index (χ3v) is 11.5. The minimum Gasteiger partial charge on any atom is -0.390 e. The van der Waals surface area contributed by atoms with E-state index in [0.717, 1.165) is 30.7 Å². The first-order chi connectivity index (χ1) is 14.9. The Morgan fingerprint density at radius 3 is 2.25 bits per heavy atom. The number of aryl methyl sites for hydroxylation is 2. The summed E-state index contributed by atoms with van der Waals surface area (Å²) < 4.78 is 0. The smallest absolute Gasteiger partial charge is 0.166 e. The van der Waals surface area contributed by atoms with E-state index in [0.29, 0.717) is 23.0 Å². The van der Waals surface area contributed by atoms with Gasteiger partial charge >= 0.3 is 0 Å². The van der Waals surface area contributed by atoms with Crippen LogP contribution < -0.4 is 0 Å². The molecule has 0 radical (unpaired) electrons. The van der Waals surface area contributed by atoms with Gasteiger partial charge in [0.1, 0.15) is 0 Å². The fourth-order valence-corrected chi connectivity index (χ4v) is 9.72. The number of ketones is 1. The highest BCUT2D eigenvalue weighted by Crippen LogP contribution is 2.71. The lowest BCUT2D eigenvalue weighted by Gasteiger charge is -2.65. The van der Waals surface area contributed by atoms with Crippen molar-refractivity contribution < 1.29 is 9.90 Å². The van der Waals surface area contributed by atoms with Crippen LogP contribution in [0.25, 0.3) is 0 Å². The molecule has 5 rings (SSSR count). The predicted octanol–water partition coefficient (Wildman–Crippen LogP) is 7.29. The highest BCUT2D eigenvalue weighted by molar-refractivity contribution is 5.98. The molecule has 1 aromatic rings. The zero-order chi connectivity index (χ0) is 23.1. The molecule has 0 unspecified atom stereocenters. The van der Waals surface area contributed by atoms with E-state index < -0.39 is 5.60 Å². The number of aliphatic hydroxyl groups is 1. The average molecular weight is 437 g/mol. The van der Waals surface area contributed by atoms with Gasteiger partial charge in [0, 0.05) is 11.5 Å². The lowest BCUT2D eigenvalue weighted by Crippen LogP contribution is -2.59. The van der Waals surface area contributed by atoms with Crippen molar-refractivity contribution in [3.8, 4) is 0 Å². The molecule has 32 heavy (non-hydrogen) atoms. The number of hydrogen-bond acceptors (Lipinski definition) is 2. The van der Waals surface area contributed by atoms with Crippen molar-refractivity contribution >= 4 is 5.78 Å². The Balaban J connectivity index is 1.42. The molecule has 176 valence electrons. The molecule has 4 saturated carbocycles. The first kappa shape index (κ1) is 22.6. The molecule has 8 atom stereocenters. The molecular formula is C30H44O2. The molecular weight excluding hydrogens is 392 g/mol. The topological polar surface area (TPSA) is 37.3 Å². The number of hydrogen-bond donors (Lipinski definition) is 1. The number of Topliss-reactive ketones (excluding diaryl/α,β-unsaturated/α-hetero) is 1. The van der Waals surface area contributed by atoms with Crippen LogP contribution in [-0.4, -0.2) is 16.5 Å². The van der Waals surface area contributed by atoms with Crippen LogP contribution in [0.15, 0.2) is 18.2 Å². The van der Waals surface area contributed by atoms with Crippen molar-refractivity contribution in [3.05, 3.63) is 34.9 Å². The van der Waals surface area contributed by atoms with Gasteiger partial charge in [-0.05, 0) is 130 Å². The molecule has 4 fully saturated rings. The summed E-state index contributed by atoms with van der Waals surface area (Å²) in [6.07, 6.45) is 10.3. The Morgan fingerprint density at radius 2 is 1.53 bits per heavy atom. The van der Waals surface area contributed by atoms with Crippen LogP contribution in [0.3, 0.4) is 0 Å². The Labute approximate surface area is 195 Å². The Morgan fingerprint density at radius 1 is 0.844 bits per heavy atom. The fraction of sp³-hybridized carbons (Fsp3) is 0.767. The summed E-state index contributed by atoms with van der Waals surface area (Å²) >= 11 is 0. The molecule has 0 spiro atoms. The number of carbonyl (C=O) groups is 1. The van der Waals surface area contributed by atoms with Crippen LogP contribution in [0.1, 0.15) is 107 Å². The second-order valence-corrected chi connectivity index (χ2v) is 13.5. The third kappa shape index (κ3) is 3.18. The van der Waals surface area contributed by atoms with E-state index in [4.69, 9.17) is 0 Å². The van der Waals surface area contributed by atoms with Crippen molar-refractivity contribution in [2.75, 3.05) is 0 Å². The maximum absolute atomic E-state index is 13.7. The van der Waals surface area contributed by atoms with E-state index in [2.05, 4.69) is 59.7 Å². The molecule has 4 aliphatic rings. The largest absolute Gasteiger partial charge is 0.390 e. The van der Waals surface area contributed by atoms with Crippen molar-refractivity contribution in [1.29, 1.82) is 0 Å². The summed E-state index contributed by atoms with van der Waals surface area (Å²) in [6, 6.07) is 6.31. The van der Waals surface area contributed by atoms with E-state index in [9.17, 15) is 9.90 Å². The summed E-state index contributed by atoms with van der Waals surface area (Å²) in [5.74, 6) is 2.71. The number of carbonyl (C=O) groups excluding carboxylic acids is 1. The van der Waals surface area contributed by atoms with E-state index in [1.807, 2.05) is 0 Å². The maximum Gasteiger partial charge on any atom is 0.166 e. The van der Waals surface area contributed by atoms with Crippen molar-refractivity contribution in [2.45, 2.75) is 105 Å². The van der Waals surface area contributed by atoms with Crippen LogP contribution >= 0.6 is 0 Å². The van der Waals surface area contributed by atoms with Gasteiger partial charge in [0.15, 0.2) is 5.78 Å². The minimum absolute atomic E-state index is 0.147. The molecule has 0 bridgehead atoms. The van der Waals surface area contributed by atoms with Gasteiger partial charge in [-0.2, -0.15) is 0 Å². The lowest BCUT2D eigenvalue weighted by molar-refractivity contribution is -0.180. The Hall–Kier alpha value is -1.15. The lowest BCUT2D eigenvalue weighted by atomic mass is 9.39. The molecule has 2 nitrogen and oxygen atoms in total. The number of rotatable bonds is 2. The second-order valence-electron chi connectivity index (χ2n) is 13.5. The standard InChI is InChI=1S/C30H44O2/c1-19-7-8-21(17-20(19)2)26(31)24-10-9-22-23-11-13-27(3)18-28(4,32)14-12-25(27)30(23,6)16-15-29(22,24)5/h7-8,17,22-25,32H,9-16,18H2,1-6H3/t22-,23-,24+,25-,27-,28+,29-,30-/m0/s1. The first-order valence-electron chi connectivity index (χ1n) is 13.2. The Bertz CT molecular complexity index is 931. The van der Waals surface area contributed by atoms with E-state index >= 15 is 0 Å². The molecule has 0 saturated heterocycles. The highest BCUT2D eigenvalue weighted by Gasteiger charge is 2.65. The van der Waals surface area contributed by atoms with E-state index in [1.54, 1.807) is 0 Å².